The fraction of sp³-hybridized carbons (Fsp3) is 0.438. The van der Waals surface area contributed by atoms with E-state index in [2.05, 4.69) is 21.5 Å². The van der Waals surface area contributed by atoms with Gasteiger partial charge in [0.1, 0.15) is 5.75 Å². The summed E-state index contributed by atoms with van der Waals surface area (Å²) in [6, 6.07) is 3.64. The fourth-order valence-corrected chi connectivity index (χ4v) is 1.86. The van der Waals surface area contributed by atoms with Crippen molar-refractivity contribution in [1.82, 2.24) is 10.6 Å². The Morgan fingerprint density at radius 2 is 1.70 bits per heavy atom. The monoisotopic (exact) mass is 433 g/mol. The van der Waals surface area contributed by atoms with Crippen molar-refractivity contribution in [3.63, 3.8) is 0 Å². The lowest BCUT2D eigenvalue weighted by molar-refractivity contribution is 0.347. The smallest absolute Gasteiger partial charge is 0.192 e. The second-order valence-electron chi connectivity index (χ2n) is 4.27. The van der Waals surface area contributed by atoms with Gasteiger partial charge in [0.15, 0.2) is 17.5 Å². The summed E-state index contributed by atoms with van der Waals surface area (Å²) >= 11 is 0. The van der Waals surface area contributed by atoms with E-state index in [-0.39, 0.29) is 24.0 Å². The van der Waals surface area contributed by atoms with Crippen molar-refractivity contribution in [3.8, 4) is 29.6 Å². The molecule has 0 spiro atoms. The molecule has 7 heteroatoms. The highest BCUT2D eigenvalue weighted by atomic mass is 127. The van der Waals surface area contributed by atoms with Crippen molar-refractivity contribution in [2.45, 2.75) is 13.5 Å². The van der Waals surface area contributed by atoms with Crippen LogP contribution in [0.1, 0.15) is 12.5 Å². The number of benzene rings is 1. The van der Waals surface area contributed by atoms with E-state index < -0.39 is 0 Å². The highest BCUT2D eigenvalue weighted by Gasteiger charge is 2.11. The minimum Gasteiger partial charge on any atom is -0.496 e. The molecule has 0 aliphatic heterocycles. The zero-order valence-corrected chi connectivity index (χ0v) is 16.3. The predicted octanol–water partition coefficient (Wildman–Crippen LogP) is 2.02. The number of halogens is 1. The van der Waals surface area contributed by atoms with Gasteiger partial charge < -0.3 is 24.8 Å². The maximum Gasteiger partial charge on any atom is 0.192 e. The molecule has 0 aromatic heterocycles. The Kier molecular flexibility index (Phi) is 10.8. The number of nitrogens with zero attached hydrogens (tertiary/aromatic N) is 1. The summed E-state index contributed by atoms with van der Waals surface area (Å²) in [7, 11) is 4.79. The number of nitrogens with one attached hydrogen (secondary N) is 2. The number of hydrogen-bond acceptors (Lipinski definition) is 4. The average molecular weight is 433 g/mol. The number of guanidine groups is 1. The van der Waals surface area contributed by atoms with E-state index in [0.29, 0.717) is 36.3 Å². The van der Waals surface area contributed by atoms with Crippen molar-refractivity contribution in [3.05, 3.63) is 17.7 Å². The molecule has 6 nitrogen and oxygen atoms in total. The van der Waals surface area contributed by atoms with Crippen LogP contribution < -0.4 is 24.8 Å². The molecule has 0 radical (unpaired) electrons. The summed E-state index contributed by atoms with van der Waals surface area (Å²) in [6.45, 7) is 3.57. The quantitative estimate of drug-likeness (QED) is 0.298. The van der Waals surface area contributed by atoms with E-state index >= 15 is 0 Å². The zero-order chi connectivity index (χ0) is 16.4. The minimum atomic E-state index is 0. The number of methoxy groups -OCH3 is 3. The van der Waals surface area contributed by atoms with E-state index in [1.54, 1.807) is 27.4 Å². The summed E-state index contributed by atoms with van der Waals surface area (Å²) in [5.41, 5.74) is 0.887. The molecule has 0 fully saturated rings. The maximum absolute atomic E-state index is 5.38. The van der Waals surface area contributed by atoms with E-state index in [1.807, 2.05) is 13.0 Å². The van der Waals surface area contributed by atoms with Gasteiger partial charge in [-0.3, -0.25) is 0 Å². The molecule has 0 aliphatic rings. The zero-order valence-electron chi connectivity index (χ0n) is 13.9. The van der Waals surface area contributed by atoms with Crippen molar-refractivity contribution in [2.75, 3.05) is 34.4 Å². The normalized spacial score (nSPS) is 10.1. The molecule has 0 saturated carbocycles. The third-order valence-corrected chi connectivity index (χ3v) is 2.90. The molecule has 1 rings (SSSR count). The van der Waals surface area contributed by atoms with Gasteiger partial charge in [-0.25, -0.2) is 4.99 Å². The fourth-order valence-electron chi connectivity index (χ4n) is 1.86. The number of rotatable bonds is 7. The molecule has 0 saturated heterocycles. The van der Waals surface area contributed by atoms with Crippen molar-refractivity contribution in [2.24, 2.45) is 4.99 Å². The molecule has 2 N–H and O–H groups in total. The van der Waals surface area contributed by atoms with Gasteiger partial charge in [-0.2, -0.15) is 0 Å². The van der Waals surface area contributed by atoms with Crippen LogP contribution in [0.5, 0.6) is 17.2 Å². The van der Waals surface area contributed by atoms with Gasteiger partial charge in [0.2, 0.25) is 0 Å². The maximum atomic E-state index is 5.38. The van der Waals surface area contributed by atoms with Crippen molar-refractivity contribution < 1.29 is 14.2 Å². The third-order valence-electron chi connectivity index (χ3n) is 2.90. The van der Waals surface area contributed by atoms with Crippen LogP contribution in [0.15, 0.2) is 17.1 Å². The van der Waals surface area contributed by atoms with Gasteiger partial charge in [0, 0.05) is 18.2 Å². The van der Waals surface area contributed by atoms with Crippen LogP contribution in [0.3, 0.4) is 0 Å². The predicted molar refractivity (Wildman–Crippen MR) is 103 cm³/mol. The molecule has 0 aliphatic carbocycles. The van der Waals surface area contributed by atoms with E-state index in [1.165, 1.54) is 0 Å². The number of hydrogen-bond donors (Lipinski definition) is 2. The lowest BCUT2D eigenvalue weighted by atomic mass is 10.1. The number of ether oxygens (including phenoxy) is 3. The molecule has 0 atom stereocenters. The molecule has 1 aromatic rings. The summed E-state index contributed by atoms with van der Waals surface area (Å²) in [5, 5.41) is 6.16. The van der Waals surface area contributed by atoms with Crippen LogP contribution in [0.4, 0.5) is 0 Å². The second kappa shape index (κ2) is 11.7. The summed E-state index contributed by atoms with van der Waals surface area (Å²) in [4.78, 5) is 4.48. The van der Waals surface area contributed by atoms with Crippen LogP contribution in [-0.4, -0.2) is 40.4 Å². The molecule has 0 bridgehead atoms. The Morgan fingerprint density at radius 1 is 1.09 bits per heavy atom. The van der Waals surface area contributed by atoms with E-state index in [9.17, 15) is 0 Å². The van der Waals surface area contributed by atoms with Gasteiger partial charge in [-0.1, -0.05) is 5.92 Å². The average Bonchev–Trinajstić information content (AvgIpc) is 2.56. The second-order valence-corrected chi connectivity index (χ2v) is 4.27. The summed E-state index contributed by atoms with van der Waals surface area (Å²) < 4.78 is 16.0. The topological polar surface area (TPSA) is 64.1 Å². The highest BCUT2D eigenvalue weighted by Crippen LogP contribution is 2.34. The Bertz CT molecular complexity index is 556. The van der Waals surface area contributed by atoms with Gasteiger partial charge in [0.25, 0.3) is 0 Å². The first-order valence-electron chi connectivity index (χ1n) is 6.94. The van der Waals surface area contributed by atoms with Gasteiger partial charge in [-0.05, 0) is 13.0 Å². The number of terminal acetylenes is 1. The van der Waals surface area contributed by atoms with Crippen LogP contribution in [0.25, 0.3) is 0 Å². The molecule has 0 unspecified atom stereocenters. The Balaban J connectivity index is 0.00000484. The lowest BCUT2D eigenvalue weighted by Gasteiger charge is -2.14. The molecule has 0 amide bonds. The standard InChI is InChI=1S/C16H23N3O3.HI/c1-6-8-18-16(17-7-2)19-11-12-9-14(21-4)15(22-5)10-13(12)20-3;/h1,9-10H,7-8,11H2,2-5H3,(H2,17,18,19);1H. The minimum absolute atomic E-state index is 0. The highest BCUT2D eigenvalue weighted by molar-refractivity contribution is 14.0. The summed E-state index contributed by atoms with van der Waals surface area (Å²) in [6.07, 6.45) is 5.25. The van der Waals surface area contributed by atoms with Gasteiger partial charge in [-0.15, -0.1) is 30.4 Å². The van der Waals surface area contributed by atoms with Crippen LogP contribution >= 0.6 is 24.0 Å². The largest absolute Gasteiger partial charge is 0.496 e. The van der Waals surface area contributed by atoms with E-state index in [0.717, 1.165) is 12.1 Å². The molecular weight excluding hydrogens is 409 g/mol. The molecular formula is C16H24IN3O3. The van der Waals surface area contributed by atoms with Gasteiger partial charge in [0.05, 0.1) is 34.4 Å². The van der Waals surface area contributed by atoms with Crippen molar-refractivity contribution in [1.29, 1.82) is 0 Å². The molecule has 128 valence electrons. The first-order chi connectivity index (χ1) is 10.7. The van der Waals surface area contributed by atoms with Crippen LogP contribution in [0.2, 0.25) is 0 Å². The lowest BCUT2D eigenvalue weighted by Crippen LogP contribution is -2.37. The van der Waals surface area contributed by atoms with Crippen LogP contribution in [0, 0.1) is 12.3 Å². The van der Waals surface area contributed by atoms with E-state index in [4.69, 9.17) is 20.6 Å². The Labute approximate surface area is 155 Å². The Morgan fingerprint density at radius 3 is 2.22 bits per heavy atom. The third kappa shape index (κ3) is 6.44. The molecule has 23 heavy (non-hydrogen) atoms. The first kappa shape index (κ1) is 21.2. The van der Waals surface area contributed by atoms with Gasteiger partial charge >= 0.3 is 0 Å². The Hall–Kier alpha value is -1.82. The number of aliphatic imine (C=N–C) groups is 1. The summed E-state index contributed by atoms with van der Waals surface area (Å²) in [5.74, 6) is 5.11. The van der Waals surface area contributed by atoms with Crippen molar-refractivity contribution >= 4 is 29.9 Å². The van der Waals surface area contributed by atoms with Crippen LogP contribution in [-0.2, 0) is 6.54 Å². The molecule has 1 aromatic carbocycles. The molecule has 0 heterocycles. The first-order valence-corrected chi connectivity index (χ1v) is 6.94. The SMILES string of the molecule is C#CCNC(=NCc1cc(OC)c(OC)cc1OC)NCC.I.